The number of carbonyl (C=O) groups is 2. The van der Waals surface area contributed by atoms with E-state index in [-0.39, 0.29) is 36.6 Å². The van der Waals surface area contributed by atoms with Crippen molar-refractivity contribution in [2.45, 2.75) is 65.1 Å². The summed E-state index contributed by atoms with van der Waals surface area (Å²) in [6, 6.07) is 11.1. The summed E-state index contributed by atoms with van der Waals surface area (Å²) in [5.41, 5.74) is 1.74. The highest BCUT2D eigenvalue weighted by Crippen LogP contribution is 2.31. The average Bonchev–Trinajstić information content (AvgIpc) is 2.83. The minimum absolute atomic E-state index is 0.0204. The van der Waals surface area contributed by atoms with Crippen molar-refractivity contribution in [2.24, 2.45) is 0 Å². The second-order valence-corrected chi connectivity index (χ2v) is 8.37. The zero-order valence-corrected chi connectivity index (χ0v) is 19.6. The van der Waals surface area contributed by atoms with Gasteiger partial charge in [-0.25, -0.2) is 4.39 Å². The summed E-state index contributed by atoms with van der Waals surface area (Å²) in [5.74, 6) is 0.773. The molecule has 1 N–H and O–H groups in total. The van der Waals surface area contributed by atoms with Gasteiger partial charge in [0, 0.05) is 19.0 Å². The SMILES string of the molecule is CC[C@@H](C)NC(=O)[C@H](CC)N(Cc1ccc(F)cc1)C(=O)CCc1ccc2c(c1)OCCO2. The van der Waals surface area contributed by atoms with Gasteiger partial charge in [-0.05, 0) is 61.6 Å². The average molecular weight is 457 g/mol. The molecule has 0 aromatic heterocycles. The minimum atomic E-state index is -0.600. The minimum Gasteiger partial charge on any atom is -0.486 e. The Bertz CT molecular complexity index is 948. The van der Waals surface area contributed by atoms with Gasteiger partial charge < -0.3 is 19.7 Å². The molecule has 0 radical (unpaired) electrons. The van der Waals surface area contributed by atoms with E-state index >= 15 is 0 Å². The van der Waals surface area contributed by atoms with Crippen molar-refractivity contribution in [3.63, 3.8) is 0 Å². The number of halogens is 1. The molecule has 3 rings (SSSR count). The van der Waals surface area contributed by atoms with Gasteiger partial charge in [0.2, 0.25) is 11.8 Å². The molecule has 2 aromatic rings. The lowest BCUT2D eigenvalue weighted by atomic mass is 10.0. The Labute approximate surface area is 195 Å². The van der Waals surface area contributed by atoms with Crippen molar-refractivity contribution in [1.82, 2.24) is 10.2 Å². The molecule has 0 spiro atoms. The van der Waals surface area contributed by atoms with Crippen LogP contribution in [-0.4, -0.2) is 42.0 Å². The van der Waals surface area contributed by atoms with Crippen molar-refractivity contribution in [3.8, 4) is 11.5 Å². The van der Waals surface area contributed by atoms with Crippen molar-refractivity contribution in [3.05, 3.63) is 59.4 Å². The van der Waals surface area contributed by atoms with Gasteiger partial charge in [0.15, 0.2) is 11.5 Å². The van der Waals surface area contributed by atoms with Crippen molar-refractivity contribution < 1.29 is 23.5 Å². The second-order valence-electron chi connectivity index (χ2n) is 8.37. The fourth-order valence-corrected chi connectivity index (χ4v) is 3.79. The standard InChI is InChI=1S/C26H33FN2O4/c1-4-18(3)28-26(31)22(5-2)29(17-20-6-10-21(27)11-7-20)25(30)13-9-19-8-12-23-24(16-19)33-15-14-32-23/h6-8,10-12,16,18,22H,4-5,9,13-15,17H2,1-3H3,(H,28,31)/t18-,22+/m1/s1. The number of hydrogen-bond donors (Lipinski definition) is 1. The molecule has 2 aromatic carbocycles. The fraction of sp³-hybridized carbons (Fsp3) is 0.462. The van der Waals surface area contributed by atoms with Gasteiger partial charge in [-0.3, -0.25) is 9.59 Å². The zero-order valence-electron chi connectivity index (χ0n) is 19.6. The summed E-state index contributed by atoms with van der Waals surface area (Å²) < 4.78 is 24.6. The quantitative estimate of drug-likeness (QED) is 0.580. The van der Waals surface area contributed by atoms with E-state index in [1.54, 1.807) is 17.0 Å². The molecule has 2 atom stereocenters. The number of ether oxygens (including phenoxy) is 2. The van der Waals surface area contributed by atoms with E-state index in [1.807, 2.05) is 39.0 Å². The largest absolute Gasteiger partial charge is 0.486 e. The number of nitrogens with zero attached hydrogens (tertiary/aromatic N) is 1. The first-order valence-corrected chi connectivity index (χ1v) is 11.6. The molecule has 178 valence electrons. The topological polar surface area (TPSA) is 67.9 Å². The summed E-state index contributed by atoms with van der Waals surface area (Å²) in [6.45, 7) is 7.11. The molecular formula is C26H33FN2O4. The molecule has 0 saturated carbocycles. The van der Waals surface area contributed by atoms with Crippen molar-refractivity contribution in [2.75, 3.05) is 13.2 Å². The molecule has 33 heavy (non-hydrogen) atoms. The highest BCUT2D eigenvalue weighted by atomic mass is 19.1. The number of nitrogens with one attached hydrogen (secondary N) is 1. The smallest absolute Gasteiger partial charge is 0.243 e. The number of carbonyl (C=O) groups excluding carboxylic acids is 2. The third kappa shape index (κ3) is 6.70. The molecular weight excluding hydrogens is 423 g/mol. The maximum Gasteiger partial charge on any atom is 0.243 e. The number of fused-ring (bicyclic) bond motifs is 1. The lowest BCUT2D eigenvalue weighted by molar-refractivity contribution is -0.141. The molecule has 1 aliphatic heterocycles. The lowest BCUT2D eigenvalue weighted by Gasteiger charge is -2.31. The van der Waals surface area contributed by atoms with Crippen LogP contribution >= 0.6 is 0 Å². The van der Waals surface area contributed by atoms with Crippen LogP contribution in [0, 0.1) is 5.82 Å². The number of hydrogen-bond acceptors (Lipinski definition) is 4. The fourth-order valence-electron chi connectivity index (χ4n) is 3.79. The first kappa shape index (κ1) is 24.6. The van der Waals surface area contributed by atoms with Gasteiger partial charge in [0.25, 0.3) is 0 Å². The van der Waals surface area contributed by atoms with Gasteiger partial charge in [-0.15, -0.1) is 0 Å². The summed E-state index contributed by atoms with van der Waals surface area (Å²) in [7, 11) is 0. The van der Waals surface area contributed by atoms with Crippen LogP contribution in [0.15, 0.2) is 42.5 Å². The van der Waals surface area contributed by atoms with Crippen molar-refractivity contribution >= 4 is 11.8 Å². The summed E-state index contributed by atoms with van der Waals surface area (Å²) >= 11 is 0. The molecule has 0 bridgehead atoms. The van der Waals surface area contributed by atoms with Gasteiger partial charge in [-0.1, -0.05) is 32.0 Å². The van der Waals surface area contributed by atoms with Crippen LogP contribution < -0.4 is 14.8 Å². The third-order valence-electron chi connectivity index (χ3n) is 5.89. The monoisotopic (exact) mass is 456 g/mol. The van der Waals surface area contributed by atoms with E-state index in [2.05, 4.69) is 5.32 Å². The molecule has 0 fully saturated rings. The van der Waals surface area contributed by atoms with Crippen LogP contribution in [0.5, 0.6) is 11.5 Å². The van der Waals surface area contributed by atoms with Gasteiger partial charge in [0.05, 0.1) is 0 Å². The Morgan fingerprint density at radius 1 is 1.00 bits per heavy atom. The summed E-state index contributed by atoms with van der Waals surface area (Å²) in [5, 5.41) is 3.00. The molecule has 7 heteroatoms. The predicted molar refractivity (Wildman–Crippen MR) is 125 cm³/mol. The van der Waals surface area contributed by atoms with Crippen LogP contribution in [0.1, 0.15) is 51.2 Å². The maximum atomic E-state index is 13.4. The van der Waals surface area contributed by atoms with E-state index in [0.717, 1.165) is 17.5 Å². The first-order chi connectivity index (χ1) is 15.9. The zero-order chi connectivity index (χ0) is 23.8. The van der Waals surface area contributed by atoms with Crippen LogP contribution in [0.4, 0.5) is 4.39 Å². The van der Waals surface area contributed by atoms with Crippen LogP contribution in [0.2, 0.25) is 0 Å². The van der Waals surface area contributed by atoms with Gasteiger partial charge >= 0.3 is 0 Å². The second kappa shape index (κ2) is 11.7. The Morgan fingerprint density at radius 2 is 1.67 bits per heavy atom. The maximum absolute atomic E-state index is 13.4. The Balaban J connectivity index is 1.75. The molecule has 0 aliphatic carbocycles. The van der Waals surface area contributed by atoms with Crippen LogP contribution in [0.25, 0.3) is 0 Å². The Hall–Kier alpha value is -3.09. The van der Waals surface area contributed by atoms with Crippen LogP contribution in [-0.2, 0) is 22.6 Å². The van der Waals surface area contributed by atoms with E-state index < -0.39 is 6.04 Å². The third-order valence-corrected chi connectivity index (χ3v) is 5.89. The van der Waals surface area contributed by atoms with E-state index in [9.17, 15) is 14.0 Å². The predicted octanol–water partition coefficient (Wildman–Crippen LogP) is 4.25. The van der Waals surface area contributed by atoms with E-state index in [0.29, 0.717) is 37.6 Å². The molecule has 0 saturated heterocycles. The van der Waals surface area contributed by atoms with Gasteiger partial charge in [0.1, 0.15) is 25.1 Å². The molecule has 6 nitrogen and oxygen atoms in total. The number of amides is 2. The van der Waals surface area contributed by atoms with E-state index in [4.69, 9.17) is 9.47 Å². The molecule has 1 aliphatic rings. The van der Waals surface area contributed by atoms with Crippen molar-refractivity contribution in [1.29, 1.82) is 0 Å². The number of aryl methyl sites for hydroxylation is 1. The summed E-state index contributed by atoms with van der Waals surface area (Å²) in [6.07, 6.45) is 2.05. The molecule has 1 heterocycles. The Kier molecular flexibility index (Phi) is 8.69. The number of rotatable bonds is 10. The molecule has 0 unspecified atom stereocenters. The van der Waals surface area contributed by atoms with E-state index in [1.165, 1.54) is 12.1 Å². The Morgan fingerprint density at radius 3 is 2.33 bits per heavy atom. The molecule has 2 amide bonds. The normalized spacial score (nSPS) is 14.3. The number of benzene rings is 2. The first-order valence-electron chi connectivity index (χ1n) is 11.6. The highest BCUT2D eigenvalue weighted by molar-refractivity contribution is 5.88. The van der Waals surface area contributed by atoms with Gasteiger partial charge in [-0.2, -0.15) is 0 Å². The lowest BCUT2D eigenvalue weighted by Crippen LogP contribution is -2.50. The highest BCUT2D eigenvalue weighted by Gasteiger charge is 2.29. The summed E-state index contributed by atoms with van der Waals surface area (Å²) in [4.78, 5) is 27.9. The van der Waals surface area contributed by atoms with Crippen LogP contribution in [0.3, 0.4) is 0 Å².